The van der Waals surface area contributed by atoms with Crippen molar-refractivity contribution in [3.05, 3.63) is 361 Å². The fraction of sp³-hybridized carbons (Fsp3) is 0.221. The van der Waals surface area contributed by atoms with Crippen LogP contribution < -0.4 is 0 Å². The van der Waals surface area contributed by atoms with Crippen LogP contribution in [0.5, 0.6) is 0 Å². The highest BCUT2D eigenvalue weighted by Gasteiger charge is 2.35. The molecule has 0 saturated heterocycles. The molecule has 0 unspecified atom stereocenters. The lowest BCUT2D eigenvalue weighted by Crippen LogP contribution is -2.07. The van der Waals surface area contributed by atoms with E-state index in [9.17, 15) is 65.9 Å². The van der Waals surface area contributed by atoms with Gasteiger partial charge in [-0.1, -0.05) is 84.2 Å². The van der Waals surface area contributed by atoms with Crippen LogP contribution in [0, 0.1) is 69.2 Å². The molecule has 0 saturated carbocycles. The number of aryl methyl sites for hydroxylation is 10. The van der Waals surface area contributed by atoms with Gasteiger partial charge < -0.3 is 13.7 Å². The monoisotopic (exact) mass is 1680 g/mol. The van der Waals surface area contributed by atoms with Crippen LogP contribution in [0.3, 0.4) is 0 Å². The molecule has 1 aliphatic rings. The molecule has 8 aromatic carbocycles. The minimum Gasteiger partial charge on any atom is -0.324 e. The van der Waals surface area contributed by atoms with Crippen LogP contribution in [-0.4, -0.2) is 53.2 Å². The molecule has 0 bridgehead atoms. The van der Waals surface area contributed by atoms with E-state index in [1.54, 1.807) is 76.2 Å². The lowest BCUT2D eigenvalue weighted by molar-refractivity contribution is -0.138. The van der Waals surface area contributed by atoms with Crippen LogP contribution in [0.2, 0.25) is 10.0 Å². The van der Waals surface area contributed by atoms with Gasteiger partial charge in [0.2, 0.25) is 6.17 Å². The van der Waals surface area contributed by atoms with Crippen LogP contribution in [-0.2, 0) is 30.9 Å². The molecule has 14 aromatic rings. The Morgan fingerprint density at radius 2 is 0.720 bits per heavy atom. The molecule has 0 atom stereocenters. The van der Waals surface area contributed by atoms with E-state index in [4.69, 9.17) is 23.2 Å². The average molecular weight is 1680 g/mol. The molecule has 7 heterocycles. The third-order valence-corrected chi connectivity index (χ3v) is 18.5. The molecule has 0 spiro atoms. The summed E-state index contributed by atoms with van der Waals surface area (Å²) in [7, 11) is 0. The smallest absolute Gasteiger partial charge is 0.324 e. The molecule has 0 amide bonds. The van der Waals surface area contributed by atoms with Gasteiger partial charge in [-0.2, -0.15) is 76.1 Å². The van der Waals surface area contributed by atoms with Crippen molar-refractivity contribution in [1.29, 1.82) is 0 Å². The molecule has 0 N–H and O–H groups in total. The molecule has 15 nitrogen and oxygen atoms in total. The standard InChI is InChI=1S/2C12H12ClN.C12H10F3N.C11H9F3N2.2C10H8F3N3.C10H14.C9H7F3N4/c1-9-8-12(10(2)7-11(9)13)14-5-3-4-6-14;1-9-7-10(2)12(8-11(9)13)14-5-3-4-6-14;1-9-8-10(12(13,14)15)4-5-11(9)16-6-2-3-7-16;1-8-7-9(11(12,13)14)3-4-10(8)16-6-2-5-15-16;1-7-4-8(10(11,12)13)2-3-9(7)16-6-14-5-15-16;1-7-6-8(10(11,12)13)2-3-9(7)16-5-4-14-15-16;1-8(2)10-6-4-5-9(3)7-10;1-5-4-6(9(10,11)12)2-3-7(5)8-13-15-16-14-8/h2*3-8H,1-2H3;2-8H,1H3;2-7H,1H3;2*2-6H,1H3;4-8H,1-3H3;2-4,8H,1H3. The van der Waals surface area contributed by atoms with Gasteiger partial charge in [0.25, 0.3) is 0 Å². The highest BCUT2D eigenvalue weighted by atomic mass is 35.5. The second-order valence-electron chi connectivity index (χ2n) is 27.1. The fourth-order valence-corrected chi connectivity index (χ4v) is 11.9. The Balaban J connectivity index is 0.000000169. The molecular weight excluding hydrogens is 1600 g/mol. The molecule has 0 fully saturated rings. The van der Waals surface area contributed by atoms with Gasteiger partial charge in [-0.25, -0.2) is 19.0 Å². The number of hydrogen-bond donors (Lipinski definition) is 0. The maximum atomic E-state index is 12.4. The Morgan fingerprint density at radius 3 is 1.10 bits per heavy atom. The van der Waals surface area contributed by atoms with Crippen LogP contribution in [0.1, 0.15) is 121 Å². The largest absolute Gasteiger partial charge is 0.416 e. The molecular formula is C86H80Cl2F15N15. The van der Waals surface area contributed by atoms with E-state index in [2.05, 4.69) is 126 Å². The van der Waals surface area contributed by atoms with Crippen LogP contribution in [0.25, 0.3) is 34.1 Å². The zero-order valence-corrected chi connectivity index (χ0v) is 67.0. The lowest BCUT2D eigenvalue weighted by atomic mass is 10.0. The maximum absolute atomic E-state index is 12.4. The Hall–Kier alpha value is -12.2. The molecule has 0 aliphatic carbocycles. The van der Waals surface area contributed by atoms with Gasteiger partial charge in [0, 0.05) is 82.2 Å². The maximum Gasteiger partial charge on any atom is 0.416 e. The van der Waals surface area contributed by atoms with Gasteiger partial charge in [-0.15, -0.1) is 15.3 Å². The number of benzene rings is 8. The summed E-state index contributed by atoms with van der Waals surface area (Å²) in [5.41, 5.74) is 12.3. The fourth-order valence-electron chi connectivity index (χ4n) is 11.6. The van der Waals surface area contributed by atoms with Gasteiger partial charge in [0.05, 0.1) is 57.3 Å². The van der Waals surface area contributed by atoms with Gasteiger partial charge in [0.1, 0.15) is 12.7 Å². The normalized spacial score (nSPS) is 11.9. The van der Waals surface area contributed by atoms with Crippen molar-refractivity contribution in [3.8, 4) is 34.1 Å². The minimum atomic E-state index is -4.33. The number of nitrogens with zero attached hydrogens (tertiary/aromatic N) is 15. The van der Waals surface area contributed by atoms with E-state index in [1.165, 1.54) is 91.2 Å². The van der Waals surface area contributed by atoms with Crippen molar-refractivity contribution in [1.82, 2.24) is 53.2 Å². The topological polar surface area (TPSA) is 143 Å². The van der Waals surface area contributed by atoms with Crippen LogP contribution >= 0.6 is 23.2 Å². The molecule has 118 heavy (non-hydrogen) atoms. The summed E-state index contributed by atoms with van der Waals surface area (Å²) in [4.78, 5) is 3.74. The van der Waals surface area contributed by atoms with Gasteiger partial charge in [-0.3, -0.25) is 0 Å². The molecule has 15 rings (SSSR count). The summed E-state index contributed by atoms with van der Waals surface area (Å²) >= 11 is 12.1. The summed E-state index contributed by atoms with van der Waals surface area (Å²) in [6, 6.07) is 48.1. The van der Waals surface area contributed by atoms with Gasteiger partial charge in [-0.05, 0) is 287 Å². The zero-order chi connectivity index (χ0) is 86.6. The van der Waals surface area contributed by atoms with Crippen molar-refractivity contribution in [2.75, 3.05) is 0 Å². The summed E-state index contributed by atoms with van der Waals surface area (Å²) in [6.45, 7) is 22.9. The quantitative estimate of drug-likeness (QED) is 0.139. The number of hydrogen-bond acceptors (Lipinski definition) is 9. The zero-order valence-electron chi connectivity index (χ0n) is 65.5. The number of aromatic nitrogens is 11. The van der Waals surface area contributed by atoms with Gasteiger partial charge >= 0.3 is 30.9 Å². The summed E-state index contributed by atoms with van der Waals surface area (Å²) in [6.07, 6.45) is -1.33. The molecule has 1 aliphatic heterocycles. The van der Waals surface area contributed by atoms with E-state index in [0.29, 0.717) is 56.4 Å². The van der Waals surface area contributed by atoms with E-state index < -0.39 is 64.9 Å². The first-order valence-electron chi connectivity index (χ1n) is 35.9. The third-order valence-electron chi connectivity index (χ3n) is 17.7. The van der Waals surface area contributed by atoms with E-state index in [0.717, 1.165) is 93.2 Å². The first-order valence-corrected chi connectivity index (χ1v) is 36.6. The Bertz CT molecular complexity index is 5100. The minimum absolute atomic E-state index is 0.472. The SMILES string of the molecule is Cc1cc(-n2cccc2)c(C)cc1Cl.Cc1cc(C(F)(F)F)ccc1-n1cccc1.Cc1cc(C(F)(F)F)ccc1-n1cccn1.Cc1cc(C(F)(F)F)ccc1-n1ccnn1.Cc1cc(C(F)(F)F)ccc1-n1cncn1.Cc1cc(C(F)(F)F)ccc1C1N=NN=N1.Cc1cc(C)c(-n2cccc2)cc1Cl.Cc1cccc(C(C)C)c1. The predicted molar refractivity (Wildman–Crippen MR) is 425 cm³/mol. The molecule has 32 heteroatoms. The van der Waals surface area contributed by atoms with E-state index >= 15 is 0 Å². The molecule has 0 radical (unpaired) electrons. The first kappa shape index (κ1) is 91.3. The Labute approximate surface area is 681 Å². The van der Waals surface area contributed by atoms with E-state index in [-0.39, 0.29) is 0 Å². The van der Waals surface area contributed by atoms with Crippen LogP contribution in [0.4, 0.5) is 65.9 Å². The van der Waals surface area contributed by atoms with Crippen molar-refractivity contribution in [2.24, 2.45) is 20.7 Å². The summed E-state index contributed by atoms with van der Waals surface area (Å²) in [5.74, 6) is 0.653. The number of halogens is 17. The van der Waals surface area contributed by atoms with Crippen molar-refractivity contribution in [3.63, 3.8) is 0 Å². The third kappa shape index (κ3) is 25.9. The number of alkyl halides is 15. The Morgan fingerprint density at radius 1 is 0.331 bits per heavy atom. The molecule has 6 aromatic heterocycles. The highest BCUT2D eigenvalue weighted by Crippen LogP contribution is 2.38. The first-order chi connectivity index (χ1) is 55.5. The lowest BCUT2D eigenvalue weighted by Gasteiger charge is -2.11. The highest BCUT2D eigenvalue weighted by molar-refractivity contribution is 6.31. The summed E-state index contributed by atoms with van der Waals surface area (Å²) in [5, 5.41) is 30.8. The number of rotatable bonds is 8. The average Bonchev–Trinajstić information content (AvgIpc) is 1.20. The van der Waals surface area contributed by atoms with E-state index in [1.807, 2.05) is 87.2 Å². The van der Waals surface area contributed by atoms with Crippen molar-refractivity contribution >= 4 is 23.2 Å². The second-order valence-corrected chi connectivity index (χ2v) is 27.9. The molecule has 618 valence electrons. The van der Waals surface area contributed by atoms with Gasteiger partial charge in [0.15, 0.2) is 0 Å². The summed E-state index contributed by atoms with van der Waals surface area (Å²) < 4.78 is 197. The van der Waals surface area contributed by atoms with Crippen LogP contribution in [0.15, 0.2) is 277 Å². The van der Waals surface area contributed by atoms with Crippen molar-refractivity contribution < 1.29 is 65.9 Å². The second kappa shape index (κ2) is 40.1. The predicted octanol–water partition coefficient (Wildman–Crippen LogP) is 26.7. The Kier molecular flexibility index (Phi) is 31.1. The van der Waals surface area contributed by atoms with Crippen molar-refractivity contribution in [2.45, 2.75) is 126 Å².